The first-order valence-corrected chi connectivity index (χ1v) is 9.29. The molecule has 1 amide bonds. The molecule has 128 valence electrons. The Bertz CT molecular complexity index is 881. The summed E-state index contributed by atoms with van der Waals surface area (Å²) in [7, 11) is 0. The van der Waals surface area contributed by atoms with Crippen molar-refractivity contribution in [2.75, 3.05) is 6.54 Å². The monoisotopic (exact) mass is 353 g/mol. The van der Waals surface area contributed by atoms with E-state index in [1.165, 1.54) is 11.3 Å². The minimum absolute atomic E-state index is 0.0545. The lowest BCUT2D eigenvalue weighted by Gasteiger charge is -2.01. The number of nitrogens with one attached hydrogen (secondary N) is 1. The van der Waals surface area contributed by atoms with Crippen LogP contribution in [0.3, 0.4) is 0 Å². The predicted octanol–water partition coefficient (Wildman–Crippen LogP) is 3.96. The summed E-state index contributed by atoms with van der Waals surface area (Å²) < 4.78 is 5.23. The van der Waals surface area contributed by atoms with Crippen LogP contribution in [0.5, 0.6) is 0 Å². The first-order valence-electron chi connectivity index (χ1n) is 8.47. The summed E-state index contributed by atoms with van der Waals surface area (Å²) in [4.78, 5) is 18.6. The van der Waals surface area contributed by atoms with Gasteiger partial charge in [-0.3, -0.25) is 4.79 Å². The fraction of sp³-hybridized carbons (Fsp3) is 0.316. The molecule has 0 spiro atoms. The van der Waals surface area contributed by atoms with Gasteiger partial charge in [0.1, 0.15) is 0 Å². The van der Waals surface area contributed by atoms with Crippen molar-refractivity contribution in [2.24, 2.45) is 0 Å². The maximum Gasteiger partial charge on any atom is 0.261 e. The van der Waals surface area contributed by atoms with E-state index in [1.807, 2.05) is 31.2 Å². The highest BCUT2D eigenvalue weighted by molar-refractivity contribution is 7.17. The zero-order chi connectivity index (χ0) is 17.2. The Morgan fingerprint density at radius 2 is 2.12 bits per heavy atom. The Morgan fingerprint density at radius 1 is 1.32 bits per heavy atom. The Hall–Kier alpha value is -2.47. The van der Waals surface area contributed by atoms with Crippen molar-refractivity contribution in [1.29, 1.82) is 0 Å². The van der Waals surface area contributed by atoms with Crippen LogP contribution in [0.25, 0.3) is 10.4 Å². The number of carbonyl (C=O) groups excluding carboxylic acids is 1. The summed E-state index contributed by atoms with van der Waals surface area (Å²) in [5.74, 6) is 1.81. The zero-order valence-electron chi connectivity index (χ0n) is 14.0. The average Bonchev–Trinajstić information content (AvgIpc) is 3.25. The number of aryl methyl sites for hydroxylation is 1. The van der Waals surface area contributed by atoms with Crippen LogP contribution in [0.4, 0.5) is 0 Å². The van der Waals surface area contributed by atoms with Gasteiger partial charge in [-0.1, -0.05) is 35.5 Å². The second kappa shape index (κ2) is 6.80. The van der Waals surface area contributed by atoms with Gasteiger partial charge in [0.15, 0.2) is 5.82 Å². The fourth-order valence-corrected chi connectivity index (χ4v) is 3.80. The maximum absolute atomic E-state index is 12.4. The van der Waals surface area contributed by atoms with Crippen molar-refractivity contribution in [2.45, 2.75) is 32.1 Å². The molecule has 6 heteroatoms. The van der Waals surface area contributed by atoms with Crippen LogP contribution in [-0.4, -0.2) is 22.6 Å². The van der Waals surface area contributed by atoms with Crippen LogP contribution >= 0.6 is 11.3 Å². The molecular weight excluding hydrogens is 334 g/mol. The van der Waals surface area contributed by atoms with E-state index in [0.717, 1.165) is 39.6 Å². The van der Waals surface area contributed by atoms with E-state index in [2.05, 4.69) is 27.6 Å². The van der Waals surface area contributed by atoms with Crippen molar-refractivity contribution in [1.82, 2.24) is 15.5 Å². The van der Waals surface area contributed by atoms with Gasteiger partial charge < -0.3 is 9.84 Å². The highest BCUT2D eigenvalue weighted by atomic mass is 32.1. The van der Waals surface area contributed by atoms with Crippen molar-refractivity contribution >= 4 is 17.2 Å². The van der Waals surface area contributed by atoms with Gasteiger partial charge in [0.2, 0.25) is 5.89 Å². The first kappa shape index (κ1) is 16.0. The number of rotatable bonds is 6. The molecule has 1 aliphatic carbocycles. The number of amides is 1. The summed E-state index contributed by atoms with van der Waals surface area (Å²) in [5.41, 5.74) is 2.26. The molecule has 0 saturated heterocycles. The molecule has 0 aliphatic heterocycles. The Morgan fingerprint density at radius 3 is 2.88 bits per heavy atom. The molecular formula is C19H19N3O2S. The zero-order valence-corrected chi connectivity index (χ0v) is 14.8. The topological polar surface area (TPSA) is 68.0 Å². The van der Waals surface area contributed by atoms with Crippen molar-refractivity contribution in [3.05, 3.63) is 58.6 Å². The molecule has 0 atom stereocenters. The van der Waals surface area contributed by atoms with Crippen molar-refractivity contribution < 1.29 is 9.32 Å². The van der Waals surface area contributed by atoms with Crippen molar-refractivity contribution in [3.63, 3.8) is 0 Å². The molecule has 0 bridgehead atoms. The second-order valence-corrected chi connectivity index (χ2v) is 7.37. The number of thiophene rings is 1. The molecule has 3 aromatic rings. The summed E-state index contributed by atoms with van der Waals surface area (Å²) >= 11 is 1.52. The minimum atomic E-state index is -0.0545. The van der Waals surface area contributed by atoms with Gasteiger partial charge in [-0.25, -0.2) is 0 Å². The van der Waals surface area contributed by atoms with Crippen LogP contribution < -0.4 is 5.32 Å². The lowest BCUT2D eigenvalue weighted by Crippen LogP contribution is -2.25. The van der Waals surface area contributed by atoms with Gasteiger partial charge in [-0.2, -0.15) is 4.98 Å². The third-order valence-electron chi connectivity index (χ3n) is 4.22. The number of benzene rings is 1. The average molecular weight is 353 g/mol. The predicted molar refractivity (Wildman–Crippen MR) is 96.8 cm³/mol. The molecule has 0 unspecified atom stereocenters. The first-order chi connectivity index (χ1) is 12.2. The van der Waals surface area contributed by atoms with Crippen LogP contribution in [0, 0.1) is 6.92 Å². The largest absolute Gasteiger partial charge is 0.351 e. The molecule has 2 aromatic heterocycles. The highest BCUT2D eigenvalue weighted by Crippen LogP contribution is 2.38. The Balaban J connectivity index is 1.36. The Labute approximate surface area is 150 Å². The molecule has 5 nitrogen and oxygen atoms in total. The third kappa shape index (κ3) is 3.64. The van der Waals surface area contributed by atoms with Gasteiger partial charge >= 0.3 is 0 Å². The second-order valence-electron chi connectivity index (χ2n) is 6.32. The summed E-state index contributed by atoms with van der Waals surface area (Å²) in [5, 5.41) is 6.91. The lowest BCUT2D eigenvalue weighted by atomic mass is 10.1. The van der Waals surface area contributed by atoms with E-state index in [9.17, 15) is 4.79 Å². The normalized spacial score (nSPS) is 13.8. The highest BCUT2D eigenvalue weighted by Gasteiger charge is 2.29. The van der Waals surface area contributed by atoms with E-state index in [1.54, 1.807) is 0 Å². The number of hydrogen-bond acceptors (Lipinski definition) is 5. The smallest absolute Gasteiger partial charge is 0.261 e. The van der Waals surface area contributed by atoms with Gasteiger partial charge in [0.05, 0.1) is 4.88 Å². The van der Waals surface area contributed by atoms with E-state index in [-0.39, 0.29) is 5.91 Å². The van der Waals surface area contributed by atoms with E-state index in [4.69, 9.17) is 4.52 Å². The van der Waals surface area contributed by atoms with Crippen molar-refractivity contribution in [3.8, 4) is 10.4 Å². The molecule has 4 rings (SSSR count). The van der Waals surface area contributed by atoms with E-state index >= 15 is 0 Å². The number of nitrogens with zero attached hydrogens (tertiary/aromatic N) is 2. The standard InChI is InChI=1S/C19H19N3O2S/c1-12-11-15(25-17(12)13-5-3-2-4-6-13)18(23)20-10-9-16-21-19(24-22-16)14-7-8-14/h2-6,11,14H,7-10H2,1H3,(H,20,23). The maximum atomic E-state index is 12.4. The fourth-order valence-electron chi connectivity index (χ4n) is 2.71. The van der Waals surface area contributed by atoms with Crippen LogP contribution in [0.2, 0.25) is 0 Å². The molecule has 1 fully saturated rings. The summed E-state index contributed by atoms with van der Waals surface area (Å²) in [6, 6.07) is 12.1. The summed E-state index contributed by atoms with van der Waals surface area (Å²) in [6.07, 6.45) is 2.86. The van der Waals surface area contributed by atoms with Gasteiger partial charge in [-0.05, 0) is 37.0 Å². The SMILES string of the molecule is Cc1cc(C(=O)NCCc2noc(C3CC3)n2)sc1-c1ccccc1. The van der Waals surface area contributed by atoms with E-state index < -0.39 is 0 Å². The molecule has 2 heterocycles. The van der Waals surface area contributed by atoms with Crippen LogP contribution in [-0.2, 0) is 6.42 Å². The van der Waals surface area contributed by atoms with Crippen LogP contribution in [0.1, 0.15) is 45.7 Å². The molecule has 1 aliphatic rings. The molecule has 1 N–H and O–H groups in total. The van der Waals surface area contributed by atoms with Crippen LogP contribution in [0.15, 0.2) is 40.9 Å². The molecule has 25 heavy (non-hydrogen) atoms. The number of hydrogen-bond donors (Lipinski definition) is 1. The quantitative estimate of drug-likeness (QED) is 0.728. The Kier molecular flexibility index (Phi) is 4.36. The van der Waals surface area contributed by atoms with E-state index in [0.29, 0.717) is 24.7 Å². The number of carbonyl (C=O) groups is 1. The van der Waals surface area contributed by atoms with Gasteiger partial charge in [-0.15, -0.1) is 11.3 Å². The molecule has 1 aromatic carbocycles. The minimum Gasteiger partial charge on any atom is -0.351 e. The number of aromatic nitrogens is 2. The summed E-state index contributed by atoms with van der Waals surface area (Å²) in [6.45, 7) is 2.54. The molecule has 1 saturated carbocycles. The third-order valence-corrected chi connectivity index (χ3v) is 5.51. The molecule has 0 radical (unpaired) electrons. The van der Waals surface area contributed by atoms with Gasteiger partial charge in [0, 0.05) is 23.8 Å². The van der Waals surface area contributed by atoms with Gasteiger partial charge in [0.25, 0.3) is 5.91 Å². The lowest BCUT2D eigenvalue weighted by molar-refractivity contribution is 0.0958.